The van der Waals surface area contributed by atoms with Crippen LogP contribution in [0, 0.1) is 10.1 Å². The molecule has 1 N–H and O–H groups in total. The maximum Gasteiger partial charge on any atom is 0.513 e. The van der Waals surface area contributed by atoms with Gasteiger partial charge in [0, 0.05) is 43.7 Å². The standard InChI is InChI=1S/C28H35N3O7/c1-27(2,3)19-14-20(28(4,5)6)23(38-26(34)37-9)15-21(19)29-25(33)18(16-30(7)8)24(32)17-12-10-11-13-22(17)31(35)36/h10-16H,1-9H3,(H,29,33)/b18-16-. The van der Waals surface area contributed by atoms with Gasteiger partial charge in [-0.2, -0.15) is 0 Å². The van der Waals surface area contributed by atoms with Crippen molar-refractivity contribution in [3.8, 4) is 5.75 Å². The highest BCUT2D eigenvalue weighted by Gasteiger charge is 2.31. The molecule has 10 nitrogen and oxygen atoms in total. The van der Waals surface area contributed by atoms with Gasteiger partial charge in [0.15, 0.2) is 0 Å². The number of anilines is 1. The molecule has 204 valence electrons. The summed E-state index contributed by atoms with van der Waals surface area (Å²) >= 11 is 0. The van der Waals surface area contributed by atoms with Crippen LogP contribution < -0.4 is 10.1 Å². The molecule has 0 spiro atoms. The Balaban J connectivity index is 2.69. The second-order valence-corrected chi connectivity index (χ2v) is 11.0. The van der Waals surface area contributed by atoms with E-state index in [0.717, 1.165) is 5.56 Å². The topological polar surface area (TPSA) is 128 Å². The molecule has 10 heteroatoms. The largest absolute Gasteiger partial charge is 0.513 e. The second-order valence-electron chi connectivity index (χ2n) is 11.0. The summed E-state index contributed by atoms with van der Waals surface area (Å²) in [6.07, 6.45) is 0.386. The van der Waals surface area contributed by atoms with Crippen molar-refractivity contribution in [2.24, 2.45) is 0 Å². The van der Waals surface area contributed by atoms with Crippen LogP contribution in [0.15, 0.2) is 48.2 Å². The first kappa shape index (κ1) is 30.0. The molecule has 0 aliphatic heterocycles. The number of ketones is 1. The van der Waals surface area contributed by atoms with Crippen LogP contribution in [0.2, 0.25) is 0 Å². The predicted molar refractivity (Wildman–Crippen MR) is 145 cm³/mol. The van der Waals surface area contributed by atoms with Gasteiger partial charge in [0.1, 0.15) is 16.9 Å². The Kier molecular flexibility index (Phi) is 9.05. The fraction of sp³-hybridized carbons (Fsp3) is 0.393. The van der Waals surface area contributed by atoms with E-state index in [9.17, 15) is 24.5 Å². The molecule has 0 saturated heterocycles. The van der Waals surface area contributed by atoms with Gasteiger partial charge >= 0.3 is 6.16 Å². The van der Waals surface area contributed by atoms with Crippen molar-refractivity contribution in [1.29, 1.82) is 0 Å². The minimum Gasteiger partial charge on any atom is -0.437 e. The lowest BCUT2D eigenvalue weighted by Gasteiger charge is -2.29. The van der Waals surface area contributed by atoms with Crippen molar-refractivity contribution in [2.75, 3.05) is 26.5 Å². The third-order valence-corrected chi connectivity index (χ3v) is 5.57. The van der Waals surface area contributed by atoms with E-state index in [-0.39, 0.29) is 16.9 Å². The Morgan fingerprint density at radius 3 is 2.05 bits per heavy atom. The monoisotopic (exact) mass is 525 g/mol. The molecule has 0 unspecified atom stereocenters. The Labute approximate surface area is 222 Å². The Morgan fingerprint density at radius 2 is 1.55 bits per heavy atom. The summed E-state index contributed by atoms with van der Waals surface area (Å²) < 4.78 is 10.1. The van der Waals surface area contributed by atoms with Crippen LogP contribution in [0.25, 0.3) is 0 Å². The highest BCUT2D eigenvalue weighted by Crippen LogP contribution is 2.40. The maximum atomic E-state index is 13.6. The van der Waals surface area contributed by atoms with Gasteiger partial charge in [0.05, 0.1) is 12.0 Å². The number of carbonyl (C=O) groups excluding carboxylic acids is 3. The Bertz CT molecular complexity index is 1280. The number of carbonyl (C=O) groups is 3. The molecule has 0 aromatic heterocycles. The fourth-order valence-corrected chi connectivity index (χ4v) is 3.74. The Hall–Kier alpha value is -4.21. The number of nitro groups is 1. The zero-order valence-corrected chi connectivity index (χ0v) is 23.3. The predicted octanol–water partition coefficient (Wildman–Crippen LogP) is 5.60. The highest BCUT2D eigenvalue weighted by molar-refractivity contribution is 6.29. The van der Waals surface area contributed by atoms with E-state index in [1.807, 2.05) is 47.6 Å². The van der Waals surface area contributed by atoms with Gasteiger partial charge in [0.2, 0.25) is 5.78 Å². The average Bonchev–Trinajstić information content (AvgIpc) is 2.80. The molecule has 0 heterocycles. The average molecular weight is 526 g/mol. The molecule has 0 saturated carbocycles. The van der Waals surface area contributed by atoms with Crippen LogP contribution in [0.3, 0.4) is 0 Å². The molecule has 0 atom stereocenters. The molecule has 38 heavy (non-hydrogen) atoms. The first-order chi connectivity index (χ1) is 17.5. The quantitative estimate of drug-likeness (QED) is 0.0723. The second kappa shape index (κ2) is 11.5. The molecule has 0 aliphatic carbocycles. The van der Waals surface area contributed by atoms with Crippen LogP contribution in [0.1, 0.15) is 63.0 Å². The van der Waals surface area contributed by atoms with Crippen molar-refractivity contribution in [2.45, 2.75) is 52.4 Å². The van der Waals surface area contributed by atoms with Gasteiger partial charge in [-0.3, -0.25) is 19.7 Å². The van der Waals surface area contributed by atoms with Crippen LogP contribution in [-0.4, -0.2) is 48.9 Å². The van der Waals surface area contributed by atoms with Gasteiger partial charge in [-0.15, -0.1) is 0 Å². The molecule has 2 aromatic rings. The maximum absolute atomic E-state index is 13.6. The van der Waals surface area contributed by atoms with E-state index >= 15 is 0 Å². The molecule has 0 fully saturated rings. The van der Waals surface area contributed by atoms with E-state index in [0.29, 0.717) is 11.3 Å². The van der Waals surface area contributed by atoms with Crippen LogP contribution in [0.4, 0.5) is 16.2 Å². The van der Waals surface area contributed by atoms with Gasteiger partial charge in [-0.1, -0.05) is 53.7 Å². The smallest absolute Gasteiger partial charge is 0.437 e. The minimum absolute atomic E-state index is 0.191. The van der Waals surface area contributed by atoms with E-state index in [1.165, 1.54) is 48.5 Å². The lowest BCUT2D eigenvalue weighted by molar-refractivity contribution is -0.385. The van der Waals surface area contributed by atoms with Crippen molar-refractivity contribution >= 4 is 29.2 Å². The number of rotatable bonds is 7. The molecule has 2 rings (SSSR count). The molecule has 0 bridgehead atoms. The molecule has 1 amide bonds. The van der Waals surface area contributed by atoms with Gasteiger partial charge in [-0.25, -0.2) is 4.79 Å². The Morgan fingerprint density at radius 1 is 0.974 bits per heavy atom. The van der Waals surface area contributed by atoms with E-state index in [2.05, 4.69) is 10.1 Å². The first-order valence-electron chi connectivity index (χ1n) is 11.9. The first-order valence-corrected chi connectivity index (χ1v) is 11.9. The summed E-state index contributed by atoms with van der Waals surface area (Å²) in [4.78, 5) is 51.3. The summed E-state index contributed by atoms with van der Waals surface area (Å²) in [6.45, 7) is 11.8. The summed E-state index contributed by atoms with van der Waals surface area (Å²) in [5.41, 5.74) is -0.0530. The third kappa shape index (κ3) is 7.18. The molecular formula is C28H35N3O7. The highest BCUT2D eigenvalue weighted by atomic mass is 16.7. The van der Waals surface area contributed by atoms with Crippen LogP contribution >= 0.6 is 0 Å². The van der Waals surface area contributed by atoms with Crippen molar-refractivity contribution < 1.29 is 28.8 Å². The summed E-state index contributed by atoms with van der Waals surface area (Å²) in [6, 6.07) is 8.83. The summed E-state index contributed by atoms with van der Waals surface area (Å²) in [5.74, 6) is -1.39. The number of Topliss-reactive ketones (excluding diaryl/α,β-unsaturated/α-hetero) is 1. The molecule has 0 aliphatic rings. The van der Waals surface area contributed by atoms with Crippen molar-refractivity contribution in [3.63, 3.8) is 0 Å². The SMILES string of the molecule is COC(=O)Oc1cc(NC(=O)/C(=C\N(C)C)C(=O)c2ccccc2[N+](=O)[O-])c(C(C)(C)C)cc1C(C)(C)C. The number of hydrogen-bond acceptors (Lipinski definition) is 8. The zero-order chi connectivity index (χ0) is 29.0. The molecule has 2 aromatic carbocycles. The van der Waals surface area contributed by atoms with Gasteiger partial charge < -0.3 is 19.7 Å². The minimum atomic E-state index is -0.920. The fourth-order valence-electron chi connectivity index (χ4n) is 3.74. The number of nitrogens with zero attached hydrogens (tertiary/aromatic N) is 2. The normalized spacial score (nSPS) is 12.0. The van der Waals surface area contributed by atoms with Gasteiger partial charge in [0.25, 0.3) is 11.6 Å². The number of benzene rings is 2. The summed E-state index contributed by atoms with van der Waals surface area (Å²) in [7, 11) is 4.44. The number of methoxy groups -OCH3 is 1. The van der Waals surface area contributed by atoms with Gasteiger partial charge in [-0.05, 0) is 28.5 Å². The molecule has 0 radical (unpaired) electrons. The number of para-hydroxylation sites is 1. The van der Waals surface area contributed by atoms with Crippen LogP contribution in [-0.2, 0) is 20.4 Å². The van der Waals surface area contributed by atoms with E-state index < -0.39 is 39.3 Å². The molecular weight excluding hydrogens is 490 g/mol. The number of amides is 1. The van der Waals surface area contributed by atoms with Crippen molar-refractivity contribution in [1.82, 2.24) is 4.90 Å². The third-order valence-electron chi connectivity index (χ3n) is 5.57. The lowest BCUT2D eigenvalue weighted by Crippen LogP contribution is -2.26. The van der Waals surface area contributed by atoms with Crippen LogP contribution in [0.5, 0.6) is 5.75 Å². The number of nitro benzene ring substituents is 1. The number of nitrogens with one attached hydrogen (secondary N) is 1. The van der Waals surface area contributed by atoms with E-state index in [4.69, 9.17) is 4.74 Å². The van der Waals surface area contributed by atoms with E-state index in [1.54, 1.807) is 14.1 Å². The lowest BCUT2D eigenvalue weighted by atomic mass is 9.79. The summed E-state index contributed by atoms with van der Waals surface area (Å²) in [5, 5.41) is 14.3. The number of ether oxygens (including phenoxy) is 2. The van der Waals surface area contributed by atoms with Crippen molar-refractivity contribution in [3.05, 3.63) is 75.0 Å². The number of hydrogen-bond donors (Lipinski definition) is 1. The zero-order valence-electron chi connectivity index (χ0n) is 23.3.